The van der Waals surface area contributed by atoms with E-state index < -0.39 is 5.97 Å². The largest absolute Gasteiger partial charge is 0.469 e. The van der Waals surface area contributed by atoms with Crippen molar-refractivity contribution < 1.29 is 14.3 Å². The Morgan fingerprint density at radius 1 is 1.31 bits per heavy atom. The van der Waals surface area contributed by atoms with Crippen LogP contribution in [0, 0.1) is 13.8 Å². The molecule has 0 unspecified atom stereocenters. The van der Waals surface area contributed by atoms with Gasteiger partial charge >= 0.3 is 5.97 Å². The van der Waals surface area contributed by atoms with E-state index >= 15 is 0 Å². The molecule has 1 amide bonds. The van der Waals surface area contributed by atoms with E-state index in [1.54, 1.807) is 0 Å². The van der Waals surface area contributed by atoms with Crippen molar-refractivity contribution in [2.45, 2.75) is 20.3 Å². The zero-order chi connectivity index (χ0) is 12.1. The molecular weight excluding hydrogens is 206 g/mol. The number of aryl methyl sites for hydroxylation is 2. The van der Waals surface area contributed by atoms with Crippen LogP contribution in [-0.2, 0) is 14.3 Å². The fourth-order valence-corrected chi connectivity index (χ4v) is 1.27. The molecule has 0 saturated heterocycles. The molecular formula is C12H15NO3. The van der Waals surface area contributed by atoms with Gasteiger partial charge in [-0.3, -0.25) is 9.59 Å². The second kappa shape index (κ2) is 5.30. The van der Waals surface area contributed by atoms with Gasteiger partial charge in [-0.25, -0.2) is 0 Å². The lowest BCUT2D eigenvalue weighted by molar-refractivity contribution is -0.142. The van der Waals surface area contributed by atoms with Crippen LogP contribution >= 0.6 is 0 Å². The van der Waals surface area contributed by atoms with Crippen LogP contribution in [0.1, 0.15) is 17.5 Å². The average Bonchev–Trinajstić information content (AvgIpc) is 2.23. The number of rotatable bonds is 3. The minimum atomic E-state index is -0.539. The van der Waals surface area contributed by atoms with Crippen molar-refractivity contribution in [3.63, 3.8) is 0 Å². The number of esters is 1. The van der Waals surface area contributed by atoms with E-state index in [1.165, 1.54) is 7.11 Å². The molecule has 1 rings (SSSR count). The van der Waals surface area contributed by atoms with Crippen molar-refractivity contribution in [2.24, 2.45) is 0 Å². The summed E-state index contributed by atoms with van der Waals surface area (Å²) in [7, 11) is 1.26. The molecule has 0 bridgehead atoms. The van der Waals surface area contributed by atoms with Gasteiger partial charge in [0.1, 0.15) is 6.42 Å². The number of hydrogen-bond donors (Lipinski definition) is 1. The smallest absolute Gasteiger partial charge is 0.315 e. The van der Waals surface area contributed by atoms with Crippen LogP contribution in [0.5, 0.6) is 0 Å². The first kappa shape index (κ1) is 12.2. The second-order valence-electron chi connectivity index (χ2n) is 3.62. The molecule has 0 heterocycles. The molecule has 16 heavy (non-hydrogen) atoms. The molecule has 0 spiro atoms. The predicted octanol–water partition coefficient (Wildman–Crippen LogP) is 1.81. The highest BCUT2D eigenvalue weighted by Gasteiger charge is 2.10. The van der Waals surface area contributed by atoms with Gasteiger partial charge in [-0.2, -0.15) is 0 Å². The van der Waals surface area contributed by atoms with Crippen LogP contribution in [0.25, 0.3) is 0 Å². The molecule has 1 N–H and O–H groups in total. The van der Waals surface area contributed by atoms with E-state index in [2.05, 4.69) is 10.1 Å². The van der Waals surface area contributed by atoms with Gasteiger partial charge in [0.15, 0.2) is 0 Å². The molecule has 4 nitrogen and oxygen atoms in total. The Bertz CT molecular complexity index is 413. The molecule has 0 fully saturated rings. The van der Waals surface area contributed by atoms with Crippen molar-refractivity contribution >= 4 is 17.6 Å². The van der Waals surface area contributed by atoms with E-state index in [1.807, 2.05) is 32.0 Å². The second-order valence-corrected chi connectivity index (χ2v) is 3.62. The molecule has 0 saturated carbocycles. The molecule has 1 aromatic rings. The summed E-state index contributed by atoms with van der Waals surface area (Å²) in [5, 5.41) is 2.68. The van der Waals surface area contributed by atoms with Crippen molar-refractivity contribution in [3.8, 4) is 0 Å². The Morgan fingerprint density at radius 2 is 2.00 bits per heavy atom. The van der Waals surface area contributed by atoms with E-state index in [9.17, 15) is 9.59 Å². The van der Waals surface area contributed by atoms with Gasteiger partial charge in [-0.1, -0.05) is 12.1 Å². The predicted molar refractivity (Wildman–Crippen MR) is 61.2 cm³/mol. The molecule has 86 valence electrons. The highest BCUT2D eigenvalue weighted by molar-refractivity contribution is 6.02. The number of ether oxygens (including phenoxy) is 1. The molecule has 1 aromatic carbocycles. The van der Waals surface area contributed by atoms with Crippen LogP contribution in [0.15, 0.2) is 18.2 Å². The van der Waals surface area contributed by atoms with Gasteiger partial charge in [-0.15, -0.1) is 0 Å². The van der Waals surface area contributed by atoms with Crippen LogP contribution in [-0.4, -0.2) is 19.0 Å². The van der Waals surface area contributed by atoms with Gasteiger partial charge in [0.2, 0.25) is 5.91 Å². The van der Waals surface area contributed by atoms with Crippen LogP contribution in [0.4, 0.5) is 5.69 Å². The summed E-state index contributed by atoms with van der Waals surface area (Å²) < 4.78 is 4.41. The number of carbonyl (C=O) groups excluding carboxylic acids is 2. The average molecular weight is 221 g/mol. The SMILES string of the molecule is COC(=O)CC(=O)Nc1cc(C)ccc1C. The van der Waals surface area contributed by atoms with Crippen LogP contribution in [0.2, 0.25) is 0 Å². The number of anilines is 1. The van der Waals surface area contributed by atoms with Gasteiger partial charge in [-0.05, 0) is 31.0 Å². The minimum absolute atomic E-state index is 0.260. The summed E-state index contributed by atoms with van der Waals surface area (Å²) in [6.07, 6.45) is -0.260. The lowest BCUT2D eigenvalue weighted by Gasteiger charge is -2.08. The topological polar surface area (TPSA) is 55.4 Å². The highest BCUT2D eigenvalue weighted by atomic mass is 16.5. The Kier molecular flexibility index (Phi) is 4.05. The first-order chi connectivity index (χ1) is 7.52. The first-order valence-corrected chi connectivity index (χ1v) is 4.97. The standard InChI is InChI=1S/C12H15NO3/c1-8-4-5-9(2)10(6-8)13-11(14)7-12(15)16-3/h4-6H,7H2,1-3H3,(H,13,14). The third-order valence-electron chi connectivity index (χ3n) is 2.20. The number of hydrogen-bond acceptors (Lipinski definition) is 3. The van der Waals surface area contributed by atoms with Gasteiger partial charge in [0.25, 0.3) is 0 Å². The Balaban J connectivity index is 2.69. The zero-order valence-corrected chi connectivity index (χ0v) is 9.66. The maximum Gasteiger partial charge on any atom is 0.315 e. The quantitative estimate of drug-likeness (QED) is 0.625. The van der Waals surface area contributed by atoms with Gasteiger partial charge in [0, 0.05) is 5.69 Å². The number of benzene rings is 1. The van der Waals surface area contributed by atoms with E-state index in [0.29, 0.717) is 0 Å². The molecule has 4 heteroatoms. The third kappa shape index (κ3) is 3.38. The summed E-state index contributed by atoms with van der Waals surface area (Å²) in [5.41, 5.74) is 2.75. The van der Waals surface area contributed by atoms with Crippen LogP contribution in [0.3, 0.4) is 0 Å². The van der Waals surface area contributed by atoms with Crippen molar-refractivity contribution in [1.29, 1.82) is 0 Å². The molecule has 0 aliphatic carbocycles. The van der Waals surface area contributed by atoms with Gasteiger partial charge in [0.05, 0.1) is 7.11 Å². The number of carbonyl (C=O) groups is 2. The molecule has 0 aliphatic rings. The van der Waals surface area contributed by atoms with E-state index in [4.69, 9.17) is 0 Å². The normalized spacial score (nSPS) is 9.69. The highest BCUT2D eigenvalue weighted by Crippen LogP contribution is 2.16. The Morgan fingerprint density at radius 3 is 2.62 bits per heavy atom. The number of amides is 1. The molecule has 0 atom stereocenters. The summed E-state index contributed by atoms with van der Waals surface area (Å²) in [4.78, 5) is 22.3. The molecule has 0 radical (unpaired) electrons. The van der Waals surface area contributed by atoms with Crippen molar-refractivity contribution in [3.05, 3.63) is 29.3 Å². The van der Waals surface area contributed by atoms with Crippen LogP contribution < -0.4 is 5.32 Å². The Hall–Kier alpha value is -1.84. The number of nitrogens with one attached hydrogen (secondary N) is 1. The van der Waals surface area contributed by atoms with E-state index in [0.717, 1.165) is 16.8 Å². The lowest BCUT2D eigenvalue weighted by Crippen LogP contribution is -2.17. The minimum Gasteiger partial charge on any atom is -0.469 e. The number of methoxy groups -OCH3 is 1. The maximum atomic E-state index is 11.4. The first-order valence-electron chi connectivity index (χ1n) is 4.97. The van der Waals surface area contributed by atoms with Gasteiger partial charge < -0.3 is 10.1 Å². The maximum absolute atomic E-state index is 11.4. The third-order valence-corrected chi connectivity index (χ3v) is 2.20. The molecule has 0 aliphatic heterocycles. The summed E-state index contributed by atoms with van der Waals surface area (Å²) in [6.45, 7) is 3.84. The van der Waals surface area contributed by atoms with Crippen molar-refractivity contribution in [1.82, 2.24) is 0 Å². The molecule has 0 aromatic heterocycles. The summed E-state index contributed by atoms with van der Waals surface area (Å²) >= 11 is 0. The lowest BCUT2D eigenvalue weighted by atomic mass is 10.1. The summed E-state index contributed by atoms with van der Waals surface area (Å²) in [5.74, 6) is -0.900. The fraction of sp³-hybridized carbons (Fsp3) is 0.333. The zero-order valence-electron chi connectivity index (χ0n) is 9.66. The Labute approximate surface area is 94.6 Å². The summed E-state index contributed by atoms with van der Waals surface area (Å²) in [6, 6.07) is 5.75. The van der Waals surface area contributed by atoms with Crippen molar-refractivity contribution in [2.75, 3.05) is 12.4 Å². The van der Waals surface area contributed by atoms with E-state index in [-0.39, 0.29) is 12.3 Å². The monoisotopic (exact) mass is 221 g/mol. The fourth-order valence-electron chi connectivity index (χ4n) is 1.27.